The van der Waals surface area contributed by atoms with Gasteiger partial charge in [0, 0.05) is 83.4 Å². The van der Waals surface area contributed by atoms with Crippen molar-refractivity contribution in [3.05, 3.63) is 230 Å². The lowest BCUT2D eigenvalue weighted by molar-refractivity contribution is 1.01. The Kier molecular flexibility index (Phi) is 8.36. The first kappa shape index (κ1) is 41.5. The summed E-state index contributed by atoms with van der Waals surface area (Å²) in [6.07, 6.45) is 0. The molecule has 350 valence electrons. The van der Waals surface area contributed by atoms with Gasteiger partial charge in [-0.3, -0.25) is 0 Å². The minimum absolute atomic E-state index is 0.284. The van der Waals surface area contributed by atoms with Crippen molar-refractivity contribution in [1.82, 2.24) is 18.3 Å². The first-order valence-electron chi connectivity index (χ1n) is 25.4. The van der Waals surface area contributed by atoms with Gasteiger partial charge in [0.15, 0.2) is 0 Å². The van der Waals surface area contributed by atoms with E-state index in [0.717, 1.165) is 108 Å². The van der Waals surface area contributed by atoms with Crippen LogP contribution < -0.4 is 0 Å². The van der Waals surface area contributed by atoms with Crippen molar-refractivity contribution in [3.63, 3.8) is 0 Å². The zero-order valence-electron chi connectivity index (χ0n) is 40.3. The third-order valence-electron chi connectivity index (χ3n) is 16.0. The van der Waals surface area contributed by atoms with Crippen molar-refractivity contribution in [1.29, 1.82) is 10.5 Å². The monoisotopic (exact) mass is 1000 g/mol. The molecular weight excluding hydrogens is 965 g/mol. The molecule has 76 heavy (non-hydrogen) atoms. The van der Waals surface area contributed by atoms with Gasteiger partial charge in [-0.05, 0) is 72.8 Å². The molecule has 6 aromatic heterocycles. The Labute approximate surface area is 440 Å². The lowest BCUT2D eigenvalue weighted by atomic mass is 9.98. The number of aromatic nitrogens is 4. The SMILES string of the molecule is N#Cc1c(C#N)c(-n2c3ccccc3c3cc4c(cc32)sc2ccccc24)c(-n2c3ccccc3c3ccccc32)c(-n2c3ccccc3c3ccccc32)c1-n1c2ccccc2c2cc3c(cc21)sc1ccccc13. The molecule has 0 radical (unpaired) electrons. The van der Waals surface area contributed by atoms with E-state index >= 15 is 0 Å². The smallest absolute Gasteiger partial charge is 0.103 e. The van der Waals surface area contributed by atoms with Crippen LogP contribution in [0.4, 0.5) is 0 Å². The molecule has 0 amide bonds. The molecule has 0 atom stereocenters. The molecule has 0 saturated carbocycles. The highest BCUT2D eigenvalue weighted by molar-refractivity contribution is 7.26. The molecule has 17 rings (SSSR count). The molecule has 0 aliphatic carbocycles. The van der Waals surface area contributed by atoms with Gasteiger partial charge in [-0.25, -0.2) is 0 Å². The second-order valence-electron chi connectivity index (χ2n) is 19.7. The maximum Gasteiger partial charge on any atom is 0.103 e. The number of benzene rings is 11. The van der Waals surface area contributed by atoms with Crippen molar-refractivity contribution >= 4 is 150 Å². The molecule has 6 nitrogen and oxygen atoms in total. The van der Waals surface area contributed by atoms with Crippen LogP contribution in [-0.2, 0) is 0 Å². The summed E-state index contributed by atoms with van der Waals surface area (Å²) in [5.74, 6) is 0. The van der Waals surface area contributed by atoms with Gasteiger partial charge in [-0.1, -0.05) is 146 Å². The first-order valence-corrected chi connectivity index (χ1v) is 27.0. The highest BCUT2D eigenvalue weighted by Gasteiger charge is 2.35. The number of nitrogens with zero attached hydrogens (tertiary/aromatic N) is 6. The van der Waals surface area contributed by atoms with Crippen LogP contribution in [0.2, 0.25) is 0 Å². The second-order valence-corrected chi connectivity index (χ2v) is 21.9. The quantitative estimate of drug-likeness (QED) is 0.176. The molecule has 0 spiro atoms. The summed E-state index contributed by atoms with van der Waals surface area (Å²) in [6.45, 7) is 0. The molecule has 8 heteroatoms. The Morgan fingerprint density at radius 3 is 0.816 bits per heavy atom. The average molecular weight is 1000 g/mol. The van der Waals surface area contributed by atoms with Gasteiger partial charge in [0.05, 0.1) is 78.0 Å². The Morgan fingerprint density at radius 2 is 0.500 bits per heavy atom. The van der Waals surface area contributed by atoms with Crippen LogP contribution in [0.25, 0.3) is 150 Å². The average Bonchev–Trinajstić information content (AvgIpc) is 4.47. The van der Waals surface area contributed by atoms with E-state index in [1.807, 2.05) is 0 Å². The summed E-state index contributed by atoms with van der Waals surface area (Å²) in [7, 11) is 0. The van der Waals surface area contributed by atoms with Gasteiger partial charge < -0.3 is 18.3 Å². The molecule has 0 unspecified atom stereocenters. The van der Waals surface area contributed by atoms with Crippen LogP contribution in [-0.4, -0.2) is 18.3 Å². The number of para-hydroxylation sites is 6. The summed E-state index contributed by atoms with van der Waals surface area (Å²) in [5, 5.41) is 38.2. The van der Waals surface area contributed by atoms with Gasteiger partial charge in [0.1, 0.15) is 12.1 Å². The normalized spacial score (nSPS) is 12.2. The standard InChI is InChI=1S/C68H36N6S2/c69-37-51-52(38-70)66(74-58-30-14-6-22-44(58)48-34-50-46-24-8-16-32-62(46)76-64(50)36-60(48)74)68(72-55-27-11-3-19-41(55)42-20-4-12-28-56(42)72)67(71-53-25-9-1-17-39(53)40-18-2-10-26-54(40)71)65(51)73-57-29-13-5-21-43(57)47-33-49-45-23-7-15-31-61(45)75-63(49)35-59(47)73/h1-36H. The number of hydrogen-bond donors (Lipinski definition) is 0. The number of hydrogen-bond acceptors (Lipinski definition) is 4. The molecule has 11 aromatic carbocycles. The minimum atomic E-state index is 0.284. The summed E-state index contributed by atoms with van der Waals surface area (Å²) in [6, 6.07) is 83.7. The van der Waals surface area contributed by atoms with Crippen molar-refractivity contribution in [2.75, 3.05) is 0 Å². The van der Waals surface area contributed by atoms with Crippen LogP contribution in [0, 0.1) is 22.7 Å². The summed E-state index contributed by atoms with van der Waals surface area (Å²) < 4.78 is 14.1. The van der Waals surface area contributed by atoms with E-state index in [-0.39, 0.29) is 11.1 Å². The van der Waals surface area contributed by atoms with Gasteiger partial charge in [-0.2, -0.15) is 10.5 Å². The molecule has 17 aromatic rings. The highest BCUT2D eigenvalue weighted by atomic mass is 32.1. The Hall–Kier alpha value is -9.96. The molecule has 0 bridgehead atoms. The van der Waals surface area contributed by atoms with Crippen molar-refractivity contribution in [2.45, 2.75) is 0 Å². The Balaban J connectivity index is 1.18. The van der Waals surface area contributed by atoms with Crippen molar-refractivity contribution < 1.29 is 0 Å². The van der Waals surface area contributed by atoms with Crippen LogP contribution in [0.1, 0.15) is 11.1 Å². The van der Waals surface area contributed by atoms with Crippen LogP contribution in [0.5, 0.6) is 0 Å². The maximum atomic E-state index is 12.4. The number of rotatable bonds is 4. The zero-order valence-corrected chi connectivity index (χ0v) is 41.9. The highest BCUT2D eigenvalue weighted by Crippen LogP contribution is 2.51. The van der Waals surface area contributed by atoms with E-state index < -0.39 is 0 Å². The third-order valence-corrected chi connectivity index (χ3v) is 18.3. The van der Waals surface area contributed by atoms with E-state index in [0.29, 0.717) is 11.4 Å². The maximum absolute atomic E-state index is 12.4. The van der Waals surface area contributed by atoms with Gasteiger partial charge in [0.2, 0.25) is 0 Å². The van der Waals surface area contributed by atoms with E-state index in [4.69, 9.17) is 0 Å². The molecule has 0 N–H and O–H groups in total. The predicted octanol–water partition coefficient (Wildman–Crippen LogP) is 18.6. The molecule has 0 saturated heterocycles. The molecule has 0 aliphatic rings. The van der Waals surface area contributed by atoms with Gasteiger partial charge >= 0.3 is 0 Å². The molecule has 0 aliphatic heterocycles. The zero-order chi connectivity index (χ0) is 49.9. The number of nitriles is 2. The molecule has 6 heterocycles. The summed E-state index contributed by atoms with van der Waals surface area (Å²) in [4.78, 5) is 0. The van der Waals surface area contributed by atoms with Crippen molar-refractivity contribution in [3.8, 4) is 34.9 Å². The lowest BCUT2D eigenvalue weighted by Crippen LogP contribution is -2.17. The van der Waals surface area contributed by atoms with Gasteiger partial charge in [0.25, 0.3) is 0 Å². The Bertz CT molecular complexity index is 5070. The number of thiophene rings is 2. The fraction of sp³-hybridized carbons (Fsp3) is 0. The van der Waals surface area contributed by atoms with E-state index in [1.165, 1.54) is 30.9 Å². The fourth-order valence-corrected chi connectivity index (χ4v) is 15.2. The Morgan fingerprint density at radius 1 is 0.237 bits per heavy atom. The number of fused-ring (bicyclic) bond motifs is 18. The largest absolute Gasteiger partial charge is 0.306 e. The fourth-order valence-electron chi connectivity index (χ4n) is 13.0. The minimum Gasteiger partial charge on any atom is -0.306 e. The van der Waals surface area contributed by atoms with Crippen molar-refractivity contribution in [2.24, 2.45) is 0 Å². The lowest BCUT2D eigenvalue weighted by Gasteiger charge is -2.27. The summed E-state index contributed by atoms with van der Waals surface area (Å²) >= 11 is 3.56. The van der Waals surface area contributed by atoms with Crippen LogP contribution in [0.15, 0.2) is 218 Å². The topological polar surface area (TPSA) is 67.3 Å². The second kappa shape index (κ2) is 15.3. The van der Waals surface area contributed by atoms with E-state index in [1.54, 1.807) is 22.7 Å². The van der Waals surface area contributed by atoms with Crippen LogP contribution >= 0.6 is 22.7 Å². The molecular formula is C68H36N6S2. The van der Waals surface area contributed by atoms with E-state index in [2.05, 4.69) is 249 Å². The summed E-state index contributed by atoms with van der Waals surface area (Å²) in [5.41, 5.74) is 11.1. The predicted molar refractivity (Wildman–Crippen MR) is 319 cm³/mol. The van der Waals surface area contributed by atoms with Gasteiger partial charge in [-0.15, -0.1) is 22.7 Å². The van der Waals surface area contributed by atoms with Crippen LogP contribution in [0.3, 0.4) is 0 Å². The first-order chi connectivity index (χ1) is 37.7. The third kappa shape index (κ3) is 5.35. The van der Waals surface area contributed by atoms with E-state index in [9.17, 15) is 10.5 Å². The molecule has 0 fully saturated rings.